The molecule has 3 heterocycles. The first-order valence-corrected chi connectivity index (χ1v) is 10.3. The van der Waals surface area contributed by atoms with Gasteiger partial charge in [-0.3, -0.25) is 9.59 Å². The average molecular weight is 411 g/mol. The predicted octanol–water partition coefficient (Wildman–Crippen LogP) is 3.65. The summed E-state index contributed by atoms with van der Waals surface area (Å²) in [4.78, 5) is 47.9. The molecule has 29 heavy (non-hydrogen) atoms. The van der Waals surface area contributed by atoms with Crippen LogP contribution in [-0.4, -0.2) is 28.4 Å². The fourth-order valence-corrected chi connectivity index (χ4v) is 4.57. The molecule has 0 spiro atoms. The predicted molar refractivity (Wildman–Crippen MR) is 112 cm³/mol. The van der Waals surface area contributed by atoms with E-state index in [2.05, 4.69) is 9.97 Å². The molecule has 0 aliphatic carbocycles. The van der Waals surface area contributed by atoms with E-state index in [1.807, 2.05) is 13.8 Å². The lowest BCUT2D eigenvalue weighted by Crippen LogP contribution is -2.26. The van der Waals surface area contributed by atoms with Crippen molar-refractivity contribution in [3.63, 3.8) is 0 Å². The second-order valence-corrected chi connectivity index (χ2v) is 8.33. The second kappa shape index (κ2) is 7.44. The quantitative estimate of drug-likeness (QED) is 0.662. The van der Waals surface area contributed by atoms with Crippen LogP contribution in [0.4, 0.5) is 5.69 Å². The van der Waals surface area contributed by atoms with Gasteiger partial charge in [-0.1, -0.05) is 12.1 Å². The second-order valence-electron chi connectivity index (χ2n) is 7.13. The summed E-state index contributed by atoms with van der Waals surface area (Å²) >= 11 is 1.44. The number of aromatic nitrogens is 2. The molecule has 4 rings (SSSR count). The van der Waals surface area contributed by atoms with Crippen LogP contribution in [0.1, 0.15) is 52.5 Å². The molecule has 1 atom stereocenters. The van der Waals surface area contributed by atoms with Crippen molar-refractivity contribution in [3.05, 3.63) is 56.4 Å². The fourth-order valence-electron chi connectivity index (χ4n) is 3.53. The summed E-state index contributed by atoms with van der Waals surface area (Å²) in [5.41, 5.74) is 1.55. The molecule has 7 nitrogen and oxygen atoms in total. The Labute approximate surface area is 171 Å². The van der Waals surface area contributed by atoms with Gasteiger partial charge < -0.3 is 14.6 Å². The fraction of sp³-hybridized carbons (Fsp3) is 0.333. The number of carbonyl (C=O) groups is 2. The van der Waals surface area contributed by atoms with E-state index in [0.717, 1.165) is 16.9 Å². The summed E-state index contributed by atoms with van der Waals surface area (Å²) in [6.07, 6.45) is 0.498. The molecule has 2 aromatic heterocycles. The van der Waals surface area contributed by atoms with Gasteiger partial charge in [0.05, 0.1) is 16.6 Å². The van der Waals surface area contributed by atoms with Gasteiger partial charge >= 0.3 is 5.97 Å². The van der Waals surface area contributed by atoms with E-state index < -0.39 is 12.1 Å². The third-order valence-electron chi connectivity index (χ3n) is 5.21. The first-order valence-electron chi connectivity index (χ1n) is 9.47. The highest BCUT2D eigenvalue weighted by Gasteiger charge is 2.27. The molecule has 1 aliphatic heterocycles. The minimum atomic E-state index is -0.746. The number of H-pyrrole nitrogens is 1. The van der Waals surface area contributed by atoms with E-state index in [-0.39, 0.29) is 11.5 Å². The summed E-state index contributed by atoms with van der Waals surface area (Å²) in [7, 11) is 0. The van der Waals surface area contributed by atoms with Crippen LogP contribution in [0.2, 0.25) is 0 Å². The topological polar surface area (TPSA) is 92.4 Å². The van der Waals surface area contributed by atoms with Crippen LogP contribution in [0.5, 0.6) is 0 Å². The number of amides is 1. The minimum absolute atomic E-state index is 0.00168. The zero-order valence-corrected chi connectivity index (χ0v) is 17.3. The Hall–Kier alpha value is -3.00. The highest BCUT2D eigenvalue weighted by Crippen LogP contribution is 2.29. The van der Waals surface area contributed by atoms with Gasteiger partial charge in [0.1, 0.15) is 4.83 Å². The number of para-hydroxylation sites is 1. The summed E-state index contributed by atoms with van der Waals surface area (Å²) in [5.74, 6) is -0.265. The van der Waals surface area contributed by atoms with Crippen molar-refractivity contribution in [1.29, 1.82) is 0 Å². The molecule has 1 amide bonds. The highest BCUT2D eigenvalue weighted by atomic mass is 32.1. The van der Waals surface area contributed by atoms with Crippen LogP contribution in [-0.2, 0) is 9.53 Å². The number of nitrogens with zero attached hydrogens (tertiary/aromatic N) is 2. The standard InChI is InChI=1S/C21H21N3O4S/c1-11-13(3)29-20-17(11)19(26)22-18(23-20)12(2)28-21(27)14-7-4-5-8-15(14)24-10-6-9-16(24)25/h4-5,7-8,12H,6,9-10H2,1-3H3,(H,22,23,26)/t12-/m0/s1. The van der Waals surface area contributed by atoms with Gasteiger partial charge in [-0.25, -0.2) is 9.78 Å². The largest absolute Gasteiger partial charge is 0.451 e. The van der Waals surface area contributed by atoms with E-state index in [1.54, 1.807) is 36.1 Å². The Kier molecular flexibility index (Phi) is 4.96. The van der Waals surface area contributed by atoms with Crippen LogP contribution in [0.15, 0.2) is 29.1 Å². The summed E-state index contributed by atoms with van der Waals surface area (Å²) in [5, 5.41) is 0.577. The van der Waals surface area contributed by atoms with Gasteiger partial charge in [-0.05, 0) is 44.9 Å². The maximum absolute atomic E-state index is 12.8. The maximum Gasteiger partial charge on any atom is 0.340 e. The number of hydrogen-bond donors (Lipinski definition) is 1. The lowest BCUT2D eigenvalue weighted by atomic mass is 10.1. The Morgan fingerprint density at radius 2 is 2.03 bits per heavy atom. The Bertz CT molecular complexity index is 1180. The Morgan fingerprint density at radius 3 is 2.76 bits per heavy atom. The van der Waals surface area contributed by atoms with Crippen molar-refractivity contribution in [1.82, 2.24) is 9.97 Å². The Morgan fingerprint density at radius 1 is 1.28 bits per heavy atom. The third-order valence-corrected chi connectivity index (χ3v) is 6.32. The molecule has 8 heteroatoms. The molecule has 1 N–H and O–H groups in total. The summed E-state index contributed by atoms with van der Waals surface area (Å²) in [6, 6.07) is 6.90. The number of esters is 1. The van der Waals surface area contributed by atoms with Gasteiger partial charge in [0, 0.05) is 17.8 Å². The lowest BCUT2D eigenvalue weighted by molar-refractivity contribution is -0.117. The first kappa shape index (κ1) is 19.3. The zero-order chi connectivity index (χ0) is 20.7. The van der Waals surface area contributed by atoms with Crippen LogP contribution < -0.4 is 10.5 Å². The molecule has 1 fully saturated rings. The number of benzene rings is 1. The third kappa shape index (κ3) is 3.44. The van der Waals surface area contributed by atoms with Crippen LogP contribution in [0, 0.1) is 13.8 Å². The number of fused-ring (bicyclic) bond motifs is 1. The van der Waals surface area contributed by atoms with Crippen molar-refractivity contribution in [2.45, 2.75) is 39.7 Å². The number of anilines is 1. The number of thiophene rings is 1. The first-order chi connectivity index (χ1) is 13.9. The number of carbonyl (C=O) groups excluding carboxylic acids is 2. The molecule has 1 aromatic carbocycles. The number of rotatable bonds is 4. The van der Waals surface area contributed by atoms with Crippen molar-refractivity contribution in [3.8, 4) is 0 Å². The normalized spacial score (nSPS) is 15.1. The van der Waals surface area contributed by atoms with E-state index >= 15 is 0 Å². The van der Waals surface area contributed by atoms with Crippen LogP contribution in [0.3, 0.4) is 0 Å². The van der Waals surface area contributed by atoms with Gasteiger partial charge in [0.2, 0.25) is 5.91 Å². The van der Waals surface area contributed by atoms with E-state index in [9.17, 15) is 14.4 Å². The molecular weight excluding hydrogens is 390 g/mol. The molecule has 3 aromatic rings. The molecule has 150 valence electrons. The van der Waals surface area contributed by atoms with Crippen LogP contribution in [0.25, 0.3) is 10.2 Å². The lowest BCUT2D eigenvalue weighted by Gasteiger charge is -2.20. The van der Waals surface area contributed by atoms with Crippen LogP contribution >= 0.6 is 11.3 Å². The number of nitrogens with one attached hydrogen (secondary N) is 1. The van der Waals surface area contributed by atoms with Gasteiger partial charge in [0.25, 0.3) is 5.56 Å². The van der Waals surface area contributed by atoms with E-state index in [4.69, 9.17) is 4.74 Å². The molecular formula is C21H21N3O4S. The highest BCUT2D eigenvalue weighted by molar-refractivity contribution is 7.18. The average Bonchev–Trinajstić information content (AvgIpc) is 3.24. The van der Waals surface area contributed by atoms with Gasteiger partial charge in [-0.15, -0.1) is 11.3 Å². The van der Waals surface area contributed by atoms with Crippen molar-refractivity contribution < 1.29 is 14.3 Å². The SMILES string of the molecule is Cc1sc2nc([C@H](C)OC(=O)c3ccccc3N3CCCC3=O)[nH]c(=O)c2c1C. The Balaban J connectivity index is 1.62. The molecule has 0 unspecified atom stereocenters. The summed E-state index contributed by atoms with van der Waals surface area (Å²) < 4.78 is 5.59. The van der Waals surface area contributed by atoms with Crippen molar-refractivity contribution in [2.75, 3.05) is 11.4 Å². The molecule has 1 aliphatic rings. The van der Waals surface area contributed by atoms with Crippen molar-refractivity contribution in [2.24, 2.45) is 0 Å². The smallest absolute Gasteiger partial charge is 0.340 e. The number of ether oxygens (including phenoxy) is 1. The monoisotopic (exact) mass is 411 g/mol. The molecule has 0 bridgehead atoms. The minimum Gasteiger partial charge on any atom is -0.451 e. The van der Waals surface area contributed by atoms with E-state index in [0.29, 0.717) is 40.3 Å². The summed E-state index contributed by atoms with van der Waals surface area (Å²) in [6.45, 7) is 6.09. The number of hydrogen-bond acceptors (Lipinski definition) is 6. The molecule has 0 radical (unpaired) electrons. The number of aromatic amines is 1. The molecule has 1 saturated heterocycles. The molecule has 0 saturated carbocycles. The zero-order valence-electron chi connectivity index (χ0n) is 16.4. The number of aryl methyl sites for hydroxylation is 2. The van der Waals surface area contributed by atoms with Gasteiger partial charge in [-0.2, -0.15) is 0 Å². The van der Waals surface area contributed by atoms with E-state index in [1.165, 1.54) is 11.3 Å². The maximum atomic E-state index is 12.8. The van der Waals surface area contributed by atoms with Crippen molar-refractivity contribution >= 4 is 39.1 Å². The van der Waals surface area contributed by atoms with Gasteiger partial charge in [0.15, 0.2) is 11.9 Å².